The number of carboxylic acids is 1. The van der Waals surface area contributed by atoms with Gasteiger partial charge in [-0.15, -0.1) is 0 Å². The molecule has 2 aliphatic rings. The fraction of sp³-hybridized carbons (Fsp3) is 0.941. The lowest BCUT2D eigenvalue weighted by molar-refractivity contribution is -0.142. The predicted molar refractivity (Wildman–Crippen MR) is 81.6 cm³/mol. The van der Waals surface area contributed by atoms with Gasteiger partial charge in [-0.3, -0.25) is 4.79 Å². The molecule has 0 amide bonds. The van der Waals surface area contributed by atoms with E-state index in [-0.39, 0.29) is 5.92 Å². The highest BCUT2D eigenvalue weighted by atomic mass is 16.4. The number of rotatable bonds is 5. The molecule has 0 radical (unpaired) electrons. The second kappa shape index (κ2) is 6.93. The molecule has 20 heavy (non-hydrogen) atoms. The SMILES string of the molecule is CC1CCC(C(C)C)C(NCC2CCCC2C(=O)O)C1. The summed E-state index contributed by atoms with van der Waals surface area (Å²) in [5.74, 6) is 1.93. The molecule has 0 aromatic carbocycles. The molecule has 0 saturated heterocycles. The van der Waals surface area contributed by atoms with E-state index < -0.39 is 5.97 Å². The Hall–Kier alpha value is -0.570. The highest BCUT2D eigenvalue weighted by molar-refractivity contribution is 5.70. The molecule has 3 nitrogen and oxygen atoms in total. The van der Waals surface area contributed by atoms with Gasteiger partial charge in [-0.25, -0.2) is 0 Å². The van der Waals surface area contributed by atoms with Gasteiger partial charge in [0.2, 0.25) is 0 Å². The molecule has 0 spiro atoms. The van der Waals surface area contributed by atoms with Gasteiger partial charge in [-0.2, -0.15) is 0 Å². The van der Waals surface area contributed by atoms with E-state index in [0.717, 1.165) is 43.6 Å². The molecule has 2 rings (SSSR count). The van der Waals surface area contributed by atoms with E-state index in [0.29, 0.717) is 12.0 Å². The van der Waals surface area contributed by atoms with Crippen LogP contribution in [0.2, 0.25) is 0 Å². The first-order valence-electron chi connectivity index (χ1n) is 8.45. The van der Waals surface area contributed by atoms with Crippen LogP contribution in [0.4, 0.5) is 0 Å². The van der Waals surface area contributed by atoms with E-state index in [1.165, 1.54) is 19.3 Å². The van der Waals surface area contributed by atoms with Gasteiger partial charge in [0.1, 0.15) is 0 Å². The van der Waals surface area contributed by atoms with Crippen molar-refractivity contribution < 1.29 is 9.90 Å². The maximum absolute atomic E-state index is 11.3. The molecule has 0 bridgehead atoms. The molecule has 5 atom stereocenters. The first-order valence-corrected chi connectivity index (χ1v) is 8.45. The van der Waals surface area contributed by atoms with Gasteiger partial charge in [0.05, 0.1) is 5.92 Å². The van der Waals surface area contributed by atoms with E-state index in [9.17, 15) is 9.90 Å². The van der Waals surface area contributed by atoms with Crippen molar-refractivity contribution in [1.82, 2.24) is 5.32 Å². The van der Waals surface area contributed by atoms with Crippen molar-refractivity contribution in [3.8, 4) is 0 Å². The third-order valence-corrected chi connectivity index (χ3v) is 5.64. The van der Waals surface area contributed by atoms with Crippen LogP contribution in [0.3, 0.4) is 0 Å². The van der Waals surface area contributed by atoms with E-state index in [1.807, 2.05) is 0 Å². The van der Waals surface area contributed by atoms with Crippen molar-refractivity contribution in [2.45, 2.75) is 65.3 Å². The molecule has 0 heterocycles. The smallest absolute Gasteiger partial charge is 0.306 e. The van der Waals surface area contributed by atoms with E-state index in [2.05, 4.69) is 26.1 Å². The molecule has 2 saturated carbocycles. The van der Waals surface area contributed by atoms with Gasteiger partial charge in [-0.1, -0.05) is 33.6 Å². The van der Waals surface area contributed by atoms with Crippen molar-refractivity contribution in [2.75, 3.05) is 6.54 Å². The van der Waals surface area contributed by atoms with Crippen LogP contribution < -0.4 is 5.32 Å². The van der Waals surface area contributed by atoms with E-state index in [1.54, 1.807) is 0 Å². The van der Waals surface area contributed by atoms with Crippen molar-refractivity contribution in [3.05, 3.63) is 0 Å². The number of nitrogens with one attached hydrogen (secondary N) is 1. The molecule has 0 aromatic rings. The number of hydrogen-bond acceptors (Lipinski definition) is 2. The summed E-state index contributed by atoms with van der Waals surface area (Å²) in [7, 11) is 0. The molecule has 0 aliphatic heterocycles. The third kappa shape index (κ3) is 3.75. The fourth-order valence-electron chi connectivity index (χ4n) is 4.35. The fourth-order valence-corrected chi connectivity index (χ4v) is 4.35. The minimum Gasteiger partial charge on any atom is -0.481 e. The monoisotopic (exact) mass is 281 g/mol. The summed E-state index contributed by atoms with van der Waals surface area (Å²) in [6, 6.07) is 0.591. The van der Waals surface area contributed by atoms with Gasteiger partial charge < -0.3 is 10.4 Å². The molecule has 2 fully saturated rings. The first kappa shape index (κ1) is 15.8. The first-order chi connectivity index (χ1) is 9.49. The number of hydrogen-bond donors (Lipinski definition) is 2. The minimum absolute atomic E-state index is 0.110. The van der Waals surface area contributed by atoms with Crippen molar-refractivity contribution in [1.29, 1.82) is 0 Å². The molecular formula is C17H31NO2. The second-order valence-corrected chi connectivity index (χ2v) is 7.48. The molecule has 0 aromatic heterocycles. The van der Waals surface area contributed by atoms with Gasteiger partial charge in [0.25, 0.3) is 0 Å². The lowest BCUT2D eigenvalue weighted by atomic mass is 9.74. The van der Waals surface area contributed by atoms with Crippen LogP contribution in [-0.4, -0.2) is 23.7 Å². The Bertz CT molecular complexity index is 329. The third-order valence-electron chi connectivity index (χ3n) is 5.64. The van der Waals surface area contributed by atoms with Crippen LogP contribution in [0.25, 0.3) is 0 Å². The molecule has 5 unspecified atom stereocenters. The molecule has 2 N–H and O–H groups in total. The summed E-state index contributed by atoms with van der Waals surface area (Å²) in [6.07, 6.45) is 6.96. The molecule has 116 valence electrons. The lowest BCUT2D eigenvalue weighted by Gasteiger charge is -2.38. The Morgan fingerprint density at radius 2 is 2.00 bits per heavy atom. The highest BCUT2D eigenvalue weighted by Crippen LogP contribution is 2.35. The lowest BCUT2D eigenvalue weighted by Crippen LogP contribution is -2.45. The zero-order valence-corrected chi connectivity index (χ0v) is 13.3. The van der Waals surface area contributed by atoms with Crippen LogP contribution >= 0.6 is 0 Å². The van der Waals surface area contributed by atoms with Gasteiger partial charge in [0, 0.05) is 6.04 Å². The minimum atomic E-state index is -0.591. The molecule has 2 aliphatic carbocycles. The quantitative estimate of drug-likeness (QED) is 0.810. The van der Waals surface area contributed by atoms with Crippen LogP contribution in [0, 0.1) is 29.6 Å². The van der Waals surface area contributed by atoms with Gasteiger partial charge >= 0.3 is 5.97 Å². The van der Waals surface area contributed by atoms with Crippen molar-refractivity contribution >= 4 is 5.97 Å². The number of aliphatic carboxylic acids is 1. The Morgan fingerprint density at radius 1 is 1.25 bits per heavy atom. The summed E-state index contributed by atoms with van der Waals surface area (Å²) < 4.78 is 0. The average Bonchev–Trinajstić information content (AvgIpc) is 2.84. The zero-order valence-electron chi connectivity index (χ0n) is 13.3. The second-order valence-electron chi connectivity index (χ2n) is 7.48. The van der Waals surface area contributed by atoms with Crippen LogP contribution in [-0.2, 0) is 4.79 Å². The predicted octanol–water partition coefficient (Wildman–Crippen LogP) is 3.54. The maximum Gasteiger partial charge on any atom is 0.306 e. The molecule has 3 heteroatoms. The van der Waals surface area contributed by atoms with E-state index in [4.69, 9.17) is 0 Å². The summed E-state index contributed by atoms with van der Waals surface area (Å²) >= 11 is 0. The normalized spacial score (nSPS) is 38.3. The Labute approximate surface area is 123 Å². The van der Waals surface area contributed by atoms with Crippen molar-refractivity contribution in [3.63, 3.8) is 0 Å². The van der Waals surface area contributed by atoms with Crippen LogP contribution in [0.5, 0.6) is 0 Å². The standard InChI is InChI=1S/C17H31NO2/c1-11(2)14-8-7-12(3)9-16(14)18-10-13-5-4-6-15(13)17(19)20/h11-16,18H,4-10H2,1-3H3,(H,19,20). The topological polar surface area (TPSA) is 49.3 Å². The van der Waals surface area contributed by atoms with Gasteiger partial charge in [0.15, 0.2) is 0 Å². The van der Waals surface area contributed by atoms with Crippen molar-refractivity contribution in [2.24, 2.45) is 29.6 Å². The summed E-state index contributed by atoms with van der Waals surface area (Å²) in [5, 5.41) is 13.0. The highest BCUT2D eigenvalue weighted by Gasteiger charge is 2.35. The molecular weight excluding hydrogens is 250 g/mol. The summed E-state index contributed by atoms with van der Waals surface area (Å²) in [6.45, 7) is 7.90. The Kier molecular flexibility index (Phi) is 5.48. The van der Waals surface area contributed by atoms with Crippen LogP contribution in [0.15, 0.2) is 0 Å². The Balaban J connectivity index is 1.88. The van der Waals surface area contributed by atoms with Gasteiger partial charge in [-0.05, 0) is 55.9 Å². The van der Waals surface area contributed by atoms with E-state index >= 15 is 0 Å². The van der Waals surface area contributed by atoms with Crippen LogP contribution in [0.1, 0.15) is 59.3 Å². The number of carbonyl (C=O) groups is 1. The largest absolute Gasteiger partial charge is 0.481 e. The summed E-state index contributed by atoms with van der Waals surface area (Å²) in [5.41, 5.74) is 0. The number of carboxylic acid groups (broad SMARTS) is 1. The Morgan fingerprint density at radius 3 is 2.65 bits per heavy atom. The zero-order chi connectivity index (χ0) is 14.7. The average molecular weight is 281 g/mol. The maximum atomic E-state index is 11.3. The summed E-state index contributed by atoms with van der Waals surface area (Å²) in [4.78, 5) is 11.3.